The van der Waals surface area contributed by atoms with E-state index in [1.807, 2.05) is 43.3 Å². The zero-order valence-electron chi connectivity index (χ0n) is 20.8. The maximum Gasteiger partial charge on any atom is 0.295 e. The van der Waals surface area contributed by atoms with E-state index < -0.39 is 17.7 Å². The van der Waals surface area contributed by atoms with Crippen LogP contribution in [-0.2, 0) is 22.4 Å². The minimum absolute atomic E-state index is 0.0121. The average Bonchev–Trinajstić information content (AvgIpc) is 3.39. The third kappa shape index (κ3) is 4.65. The van der Waals surface area contributed by atoms with Crippen LogP contribution in [0.2, 0.25) is 0 Å². The summed E-state index contributed by atoms with van der Waals surface area (Å²) in [4.78, 5) is 28.2. The van der Waals surface area contributed by atoms with Crippen LogP contribution in [0.1, 0.15) is 42.1 Å². The van der Waals surface area contributed by atoms with Gasteiger partial charge in [0.2, 0.25) is 0 Å². The number of ketones is 1. The molecule has 1 saturated heterocycles. The zero-order valence-corrected chi connectivity index (χ0v) is 20.8. The number of phenols is 1. The Labute approximate surface area is 215 Å². The highest BCUT2D eigenvalue weighted by molar-refractivity contribution is 6.46. The van der Waals surface area contributed by atoms with E-state index in [1.54, 1.807) is 31.2 Å². The maximum absolute atomic E-state index is 13.4. The Hall–Kier alpha value is -4.26. The van der Waals surface area contributed by atoms with Gasteiger partial charge in [-0.3, -0.25) is 9.59 Å². The van der Waals surface area contributed by atoms with Crippen LogP contribution in [0.4, 0.5) is 0 Å². The van der Waals surface area contributed by atoms with E-state index >= 15 is 0 Å². The molecule has 0 radical (unpaired) electrons. The number of ether oxygens (including phenoxy) is 2. The molecule has 3 aromatic rings. The van der Waals surface area contributed by atoms with Crippen molar-refractivity contribution in [3.8, 4) is 17.2 Å². The molecular formula is C30H29NO6. The Morgan fingerprint density at radius 3 is 2.62 bits per heavy atom. The van der Waals surface area contributed by atoms with Gasteiger partial charge in [0.1, 0.15) is 17.6 Å². The highest BCUT2D eigenvalue weighted by Gasteiger charge is 2.46. The van der Waals surface area contributed by atoms with Crippen molar-refractivity contribution in [3.05, 3.63) is 94.6 Å². The summed E-state index contributed by atoms with van der Waals surface area (Å²) in [5.41, 5.74) is 2.99. The predicted octanol–water partition coefficient (Wildman–Crippen LogP) is 4.78. The van der Waals surface area contributed by atoms with Gasteiger partial charge in [-0.15, -0.1) is 0 Å². The fraction of sp³-hybridized carbons (Fsp3) is 0.267. The molecule has 1 amide bonds. The number of hydrogen-bond acceptors (Lipinski definition) is 6. The summed E-state index contributed by atoms with van der Waals surface area (Å²) >= 11 is 0. The molecule has 7 heteroatoms. The van der Waals surface area contributed by atoms with Gasteiger partial charge in [0.15, 0.2) is 11.5 Å². The van der Waals surface area contributed by atoms with Crippen molar-refractivity contribution in [2.24, 2.45) is 0 Å². The summed E-state index contributed by atoms with van der Waals surface area (Å²) in [7, 11) is 0. The SMILES string of the molecule is CCOc1cc([C@@H]2/C(=C(\O)c3ccc4c(c3)C[C@@H](C)O4)C(=O)C(=O)N2CCc2ccccc2)ccc1O. The minimum Gasteiger partial charge on any atom is -0.507 e. The molecule has 0 aromatic heterocycles. The van der Waals surface area contributed by atoms with E-state index in [9.17, 15) is 19.8 Å². The molecule has 0 saturated carbocycles. The van der Waals surface area contributed by atoms with Crippen molar-refractivity contribution < 1.29 is 29.3 Å². The van der Waals surface area contributed by atoms with E-state index in [4.69, 9.17) is 9.47 Å². The number of aliphatic hydroxyl groups excluding tert-OH is 1. The first-order valence-corrected chi connectivity index (χ1v) is 12.5. The Morgan fingerprint density at radius 2 is 1.86 bits per heavy atom. The van der Waals surface area contributed by atoms with E-state index in [1.165, 1.54) is 11.0 Å². The number of rotatable bonds is 7. The first-order chi connectivity index (χ1) is 17.9. The number of carbonyl (C=O) groups is 2. The second-order valence-electron chi connectivity index (χ2n) is 9.34. The summed E-state index contributed by atoms with van der Waals surface area (Å²) in [6, 6.07) is 18.9. The number of hydrogen-bond donors (Lipinski definition) is 2. The van der Waals surface area contributed by atoms with Crippen molar-refractivity contribution in [2.45, 2.75) is 38.8 Å². The smallest absolute Gasteiger partial charge is 0.295 e. The lowest BCUT2D eigenvalue weighted by Gasteiger charge is -2.26. The first-order valence-electron chi connectivity index (χ1n) is 12.5. The number of benzene rings is 3. The van der Waals surface area contributed by atoms with Gasteiger partial charge in [-0.25, -0.2) is 0 Å². The van der Waals surface area contributed by atoms with Crippen LogP contribution in [0.25, 0.3) is 5.76 Å². The number of Topliss-reactive ketones (excluding diaryl/α,β-unsaturated/α-hetero) is 1. The molecule has 0 aliphatic carbocycles. The summed E-state index contributed by atoms with van der Waals surface area (Å²) < 4.78 is 11.3. The molecule has 37 heavy (non-hydrogen) atoms. The van der Waals surface area contributed by atoms with Crippen LogP contribution in [-0.4, -0.2) is 46.1 Å². The molecule has 0 spiro atoms. The van der Waals surface area contributed by atoms with Crippen molar-refractivity contribution >= 4 is 17.4 Å². The van der Waals surface area contributed by atoms with Gasteiger partial charge >= 0.3 is 0 Å². The lowest BCUT2D eigenvalue weighted by Crippen LogP contribution is -2.31. The van der Waals surface area contributed by atoms with Gasteiger partial charge in [-0.05, 0) is 67.3 Å². The van der Waals surface area contributed by atoms with Crippen LogP contribution < -0.4 is 9.47 Å². The molecule has 5 rings (SSSR count). The Balaban J connectivity index is 1.60. The highest BCUT2D eigenvalue weighted by Crippen LogP contribution is 2.42. The average molecular weight is 500 g/mol. The number of carbonyl (C=O) groups excluding carboxylic acids is 2. The Morgan fingerprint density at radius 1 is 1.08 bits per heavy atom. The van der Waals surface area contributed by atoms with Crippen LogP contribution >= 0.6 is 0 Å². The topological polar surface area (TPSA) is 96.3 Å². The Bertz CT molecular complexity index is 1380. The van der Waals surface area contributed by atoms with Crippen LogP contribution in [0.5, 0.6) is 17.2 Å². The van der Waals surface area contributed by atoms with E-state index in [2.05, 4.69) is 0 Å². The van der Waals surface area contributed by atoms with Crippen molar-refractivity contribution in [2.75, 3.05) is 13.2 Å². The number of amides is 1. The number of likely N-dealkylation sites (tertiary alicyclic amines) is 1. The summed E-state index contributed by atoms with van der Waals surface area (Å²) in [5.74, 6) is -0.696. The number of fused-ring (bicyclic) bond motifs is 1. The molecule has 3 aromatic carbocycles. The van der Waals surface area contributed by atoms with Crippen molar-refractivity contribution in [1.82, 2.24) is 4.90 Å². The fourth-order valence-electron chi connectivity index (χ4n) is 5.05. The molecule has 190 valence electrons. The third-order valence-electron chi connectivity index (χ3n) is 6.79. The van der Waals surface area contributed by atoms with Crippen LogP contribution in [0.3, 0.4) is 0 Å². The second kappa shape index (κ2) is 10.0. The largest absolute Gasteiger partial charge is 0.507 e. The van der Waals surface area contributed by atoms with Gasteiger partial charge < -0.3 is 24.6 Å². The maximum atomic E-state index is 13.4. The number of aromatic hydroxyl groups is 1. The van der Waals surface area contributed by atoms with Crippen LogP contribution in [0.15, 0.2) is 72.3 Å². The normalized spacial score (nSPS) is 20.1. The molecule has 2 aliphatic rings. The molecular weight excluding hydrogens is 470 g/mol. The van der Waals surface area contributed by atoms with Gasteiger partial charge in [-0.2, -0.15) is 0 Å². The van der Waals surface area contributed by atoms with Gasteiger partial charge in [0, 0.05) is 18.5 Å². The predicted molar refractivity (Wildman–Crippen MR) is 139 cm³/mol. The summed E-state index contributed by atoms with van der Waals surface area (Å²) in [5, 5.41) is 21.7. The van der Waals surface area contributed by atoms with Gasteiger partial charge in [0.25, 0.3) is 11.7 Å². The number of nitrogens with zero attached hydrogens (tertiary/aromatic N) is 1. The molecule has 0 unspecified atom stereocenters. The zero-order chi connectivity index (χ0) is 26.1. The third-order valence-corrected chi connectivity index (χ3v) is 6.79. The summed E-state index contributed by atoms with van der Waals surface area (Å²) in [6.07, 6.45) is 1.26. The molecule has 7 nitrogen and oxygen atoms in total. The second-order valence-corrected chi connectivity index (χ2v) is 9.34. The van der Waals surface area contributed by atoms with Crippen molar-refractivity contribution in [1.29, 1.82) is 0 Å². The summed E-state index contributed by atoms with van der Waals surface area (Å²) in [6.45, 7) is 4.38. The van der Waals surface area contributed by atoms with Gasteiger partial charge in [-0.1, -0.05) is 36.4 Å². The number of aliphatic hydroxyl groups is 1. The first kappa shape index (κ1) is 24.4. The molecule has 2 N–H and O–H groups in total. The van der Waals surface area contributed by atoms with Gasteiger partial charge in [0.05, 0.1) is 18.2 Å². The van der Waals surface area contributed by atoms with E-state index in [0.717, 1.165) is 16.9 Å². The molecule has 2 atom stereocenters. The Kier molecular flexibility index (Phi) is 6.61. The number of phenolic OH excluding ortho intramolecular Hbond substituents is 1. The minimum atomic E-state index is -0.841. The van der Waals surface area contributed by atoms with Crippen LogP contribution in [0, 0.1) is 0 Å². The fourth-order valence-corrected chi connectivity index (χ4v) is 5.05. The van der Waals surface area contributed by atoms with E-state index in [-0.39, 0.29) is 35.5 Å². The lowest BCUT2D eigenvalue weighted by atomic mass is 9.94. The van der Waals surface area contributed by atoms with Crippen molar-refractivity contribution in [3.63, 3.8) is 0 Å². The quantitative estimate of drug-likeness (QED) is 0.276. The lowest BCUT2D eigenvalue weighted by molar-refractivity contribution is -0.139. The van der Waals surface area contributed by atoms with E-state index in [0.29, 0.717) is 30.6 Å². The molecule has 0 bridgehead atoms. The molecule has 2 aliphatic heterocycles. The standard InChI is InChI=1S/C30H29NO6/c1-3-36-25-17-20(9-11-23(25)32)27-26(28(33)21-10-12-24-22(16-21)15-18(2)37-24)29(34)30(35)31(27)14-13-19-7-5-4-6-8-19/h4-12,16-18,27,32-33H,3,13-15H2,1-2H3/b28-26+/t18-,27-/m1/s1. The highest BCUT2D eigenvalue weighted by atomic mass is 16.5. The monoisotopic (exact) mass is 499 g/mol. The molecule has 2 heterocycles. The molecule has 1 fully saturated rings.